The number of thiophene rings is 1. The number of aryl methyl sites for hydroxylation is 1. The van der Waals surface area contributed by atoms with Gasteiger partial charge >= 0.3 is 0 Å². The SMILES string of the molecule is COC(CN)c1sc(C)cc1Br. The van der Waals surface area contributed by atoms with Gasteiger partial charge in [0, 0.05) is 27.9 Å². The molecule has 0 amide bonds. The molecule has 0 saturated carbocycles. The number of methoxy groups -OCH3 is 1. The average Bonchev–Trinajstić information content (AvgIpc) is 2.34. The van der Waals surface area contributed by atoms with Gasteiger partial charge in [0.2, 0.25) is 0 Å². The number of nitrogens with two attached hydrogens (primary N) is 1. The molecule has 0 aromatic carbocycles. The molecule has 0 spiro atoms. The molecule has 68 valence electrons. The molecule has 1 atom stereocenters. The van der Waals surface area contributed by atoms with Gasteiger partial charge < -0.3 is 10.5 Å². The quantitative estimate of drug-likeness (QED) is 0.894. The van der Waals surface area contributed by atoms with Crippen LogP contribution in [-0.4, -0.2) is 13.7 Å². The molecule has 1 unspecified atom stereocenters. The molecule has 0 bridgehead atoms. The normalized spacial score (nSPS) is 13.3. The summed E-state index contributed by atoms with van der Waals surface area (Å²) in [5.41, 5.74) is 5.55. The molecule has 0 aliphatic heterocycles. The van der Waals surface area contributed by atoms with Crippen molar-refractivity contribution in [1.82, 2.24) is 0 Å². The van der Waals surface area contributed by atoms with E-state index in [4.69, 9.17) is 10.5 Å². The minimum Gasteiger partial charge on any atom is -0.375 e. The van der Waals surface area contributed by atoms with E-state index in [0.29, 0.717) is 6.54 Å². The third-order valence-electron chi connectivity index (χ3n) is 1.63. The van der Waals surface area contributed by atoms with Crippen molar-refractivity contribution in [2.75, 3.05) is 13.7 Å². The maximum atomic E-state index is 5.55. The van der Waals surface area contributed by atoms with Crippen molar-refractivity contribution < 1.29 is 4.74 Å². The first-order chi connectivity index (χ1) is 5.69. The largest absolute Gasteiger partial charge is 0.375 e. The fourth-order valence-corrected chi connectivity index (χ4v) is 3.03. The molecule has 1 rings (SSSR count). The molecule has 2 N–H and O–H groups in total. The van der Waals surface area contributed by atoms with Gasteiger partial charge in [-0.1, -0.05) is 0 Å². The van der Waals surface area contributed by atoms with E-state index < -0.39 is 0 Å². The second kappa shape index (κ2) is 4.37. The van der Waals surface area contributed by atoms with Crippen LogP contribution in [0.4, 0.5) is 0 Å². The van der Waals surface area contributed by atoms with Crippen molar-refractivity contribution in [3.05, 3.63) is 20.3 Å². The van der Waals surface area contributed by atoms with Crippen molar-refractivity contribution in [1.29, 1.82) is 0 Å². The highest BCUT2D eigenvalue weighted by Crippen LogP contribution is 2.32. The van der Waals surface area contributed by atoms with E-state index in [-0.39, 0.29) is 6.10 Å². The van der Waals surface area contributed by atoms with E-state index in [0.717, 1.165) is 4.47 Å². The molecule has 1 aromatic heterocycles. The monoisotopic (exact) mass is 249 g/mol. The summed E-state index contributed by atoms with van der Waals surface area (Å²) in [7, 11) is 1.68. The Morgan fingerprint density at radius 1 is 1.75 bits per heavy atom. The molecule has 2 nitrogen and oxygen atoms in total. The number of hydrogen-bond acceptors (Lipinski definition) is 3. The zero-order chi connectivity index (χ0) is 9.14. The fraction of sp³-hybridized carbons (Fsp3) is 0.500. The molecule has 1 heterocycles. The molecule has 0 aliphatic carbocycles. The molecule has 4 heteroatoms. The Morgan fingerprint density at radius 2 is 2.42 bits per heavy atom. The molecule has 1 aromatic rings. The van der Waals surface area contributed by atoms with Crippen LogP contribution in [0.1, 0.15) is 15.9 Å². The van der Waals surface area contributed by atoms with Crippen LogP contribution in [0.2, 0.25) is 0 Å². The highest BCUT2D eigenvalue weighted by Gasteiger charge is 2.14. The Bertz CT molecular complexity index is 258. The number of halogens is 1. The van der Waals surface area contributed by atoms with Crippen LogP contribution in [0.5, 0.6) is 0 Å². The van der Waals surface area contributed by atoms with Crippen LogP contribution < -0.4 is 5.73 Å². The molecular formula is C8H12BrNOS. The van der Waals surface area contributed by atoms with E-state index in [1.54, 1.807) is 18.4 Å². The van der Waals surface area contributed by atoms with Gasteiger partial charge in [-0.3, -0.25) is 0 Å². The van der Waals surface area contributed by atoms with Crippen LogP contribution in [0.3, 0.4) is 0 Å². The summed E-state index contributed by atoms with van der Waals surface area (Å²) >= 11 is 5.19. The molecule has 0 fully saturated rings. The Hall–Kier alpha value is 0.100. The first-order valence-corrected chi connectivity index (χ1v) is 5.28. The van der Waals surface area contributed by atoms with Crippen molar-refractivity contribution in [3.8, 4) is 0 Å². The van der Waals surface area contributed by atoms with Gasteiger partial charge in [-0.2, -0.15) is 0 Å². The summed E-state index contributed by atoms with van der Waals surface area (Å²) < 4.78 is 6.33. The molecule has 0 aliphatic rings. The predicted molar refractivity (Wildman–Crippen MR) is 55.6 cm³/mol. The topological polar surface area (TPSA) is 35.2 Å². The maximum absolute atomic E-state index is 5.55. The van der Waals surface area contributed by atoms with E-state index in [2.05, 4.69) is 28.9 Å². The maximum Gasteiger partial charge on any atom is 0.105 e. The van der Waals surface area contributed by atoms with E-state index in [9.17, 15) is 0 Å². The molecule has 0 radical (unpaired) electrons. The van der Waals surface area contributed by atoms with Crippen LogP contribution >= 0.6 is 27.3 Å². The van der Waals surface area contributed by atoms with Crippen LogP contribution in [0.25, 0.3) is 0 Å². The van der Waals surface area contributed by atoms with Crippen molar-refractivity contribution >= 4 is 27.3 Å². The highest BCUT2D eigenvalue weighted by molar-refractivity contribution is 9.10. The van der Waals surface area contributed by atoms with Crippen molar-refractivity contribution in [2.45, 2.75) is 13.0 Å². The van der Waals surface area contributed by atoms with Gasteiger partial charge in [-0.05, 0) is 28.9 Å². The van der Waals surface area contributed by atoms with Gasteiger partial charge in [0.05, 0.1) is 0 Å². The summed E-state index contributed by atoms with van der Waals surface area (Å²) in [5, 5.41) is 0. The third kappa shape index (κ3) is 2.07. The lowest BCUT2D eigenvalue weighted by molar-refractivity contribution is 0.113. The Balaban J connectivity index is 2.91. The van der Waals surface area contributed by atoms with E-state index in [1.165, 1.54) is 9.75 Å². The van der Waals surface area contributed by atoms with E-state index >= 15 is 0 Å². The number of hydrogen-bond donors (Lipinski definition) is 1. The summed E-state index contributed by atoms with van der Waals surface area (Å²) in [6.45, 7) is 2.59. The molecular weight excluding hydrogens is 238 g/mol. The van der Waals surface area contributed by atoms with Crippen molar-refractivity contribution in [2.24, 2.45) is 5.73 Å². The lowest BCUT2D eigenvalue weighted by atomic mass is 10.3. The minimum absolute atomic E-state index is 0.0260. The standard InChI is InChI=1S/C8H12BrNOS/c1-5-3-6(9)8(12-5)7(4-10)11-2/h3,7H,4,10H2,1-2H3. The highest BCUT2D eigenvalue weighted by atomic mass is 79.9. The summed E-state index contributed by atoms with van der Waals surface area (Å²) in [4.78, 5) is 2.45. The number of ether oxygens (including phenoxy) is 1. The van der Waals surface area contributed by atoms with E-state index in [1.807, 2.05) is 0 Å². The number of rotatable bonds is 3. The minimum atomic E-state index is 0.0260. The third-order valence-corrected chi connectivity index (χ3v) is 3.69. The van der Waals surface area contributed by atoms with Gasteiger partial charge in [0.25, 0.3) is 0 Å². The fourth-order valence-electron chi connectivity index (χ4n) is 1.03. The zero-order valence-corrected chi connectivity index (χ0v) is 9.54. The Morgan fingerprint density at radius 3 is 2.75 bits per heavy atom. The second-order valence-corrected chi connectivity index (χ2v) is 4.67. The first-order valence-electron chi connectivity index (χ1n) is 3.67. The second-order valence-electron chi connectivity index (χ2n) is 2.53. The van der Waals surface area contributed by atoms with Crippen molar-refractivity contribution in [3.63, 3.8) is 0 Å². The van der Waals surface area contributed by atoms with Crippen LogP contribution in [-0.2, 0) is 4.74 Å². The van der Waals surface area contributed by atoms with Gasteiger partial charge in [-0.15, -0.1) is 11.3 Å². The smallest absolute Gasteiger partial charge is 0.105 e. The van der Waals surface area contributed by atoms with Gasteiger partial charge in [-0.25, -0.2) is 0 Å². The molecule has 12 heavy (non-hydrogen) atoms. The van der Waals surface area contributed by atoms with Crippen LogP contribution in [0, 0.1) is 6.92 Å². The summed E-state index contributed by atoms with van der Waals surface area (Å²) in [6.07, 6.45) is 0.0260. The summed E-state index contributed by atoms with van der Waals surface area (Å²) in [5.74, 6) is 0. The Kier molecular flexibility index (Phi) is 3.71. The van der Waals surface area contributed by atoms with Crippen LogP contribution in [0.15, 0.2) is 10.5 Å². The predicted octanol–water partition coefficient (Wildman–Crippen LogP) is 2.47. The average molecular weight is 250 g/mol. The lowest BCUT2D eigenvalue weighted by Gasteiger charge is -2.10. The van der Waals surface area contributed by atoms with Gasteiger partial charge in [0.1, 0.15) is 6.10 Å². The first kappa shape index (κ1) is 10.2. The lowest BCUT2D eigenvalue weighted by Crippen LogP contribution is -2.13. The molecule has 0 saturated heterocycles. The summed E-state index contributed by atoms with van der Waals surface area (Å²) in [6, 6.07) is 2.08. The zero-order valence-electron chi connectivity index (χ0n) is 7.13. The van der Waals surface area contributed by atoms with Gasteiger partial charge in [0.15, 0.2) is 0 Å². The Labute approximate surface area is 84.9 Å².